The summed E-state index contributed by atoms with van der Waals surface area (Å²) in [4.78, 5) is 4.08. The van der Waals surface area contributed by atoms with Crippen molar-refractivity contribution in [3.8, 4) is 33.8 Å². The summed E-state index contributed by atoms with van der Waals surface area (Å²) in [5.41, 5.74) is 7.94. The van der Waals surface area contributed by atoms with Gasteiger partial charge in [-0.1, -0.05) is 116 Å². The Bertz CT molecular complexity index is 2090. The van der Waals surface area contributed by atoms with E-state index in [1.807, 2.05) is 71.6 Å². The second-order valence-electron chi connectivity index (χ2n) is 14.1. The molecule has 0 heterocycles. The number of aliphatic hydroxyl groups excluding tert-OH is 2. The standard InChI is InChI=1S/C47H46N2O6/c50-27-11-25-48(26-12-28-51)34-21-24-39(44(53)29-34)46-45(54)31-40(47(46)55)38-23-22-35(30-43(38)52)49(41-19-9-7-17-36(41)32-13-3-1-4-14-32)42-20-10-8-18-37(42)33-15-5-2-6-16-33/h1-10,13-24,29-30,40,45-47,50-53H,11-12,25-28,31H2/q-2/t40-,45+,46+,47?/m0/s1. The first-order valence-electron chi connectivity index (χ1n) is 18.9. The highest BCUT2D eigenvalue weighted by Gasteiger charge is 2.36. The van der Waals surface area contributed by atoms with Gasteiger partial charge in [0.25, 0.3) is 0 Å². The molecule has 0 saturated heterocycles. The Hall–Kier alpha value is -5.64. The highest BCUT2D eigenvalue weighted by molar-refractivity contribution is 5.93. The largest absolute Gasteiger partial charge is 0.852 e. The number of hydrogen-bond acceptors (Lipinski definition) is 8. The van der Waals surface area contributed by atoms with E-state index in [9.17, 15) is 30.6 Å². The molecule has 0 aliphatic heterocycles. The molecule has 4 N–H and O–H groups in total. The molecule has 1 unspecified atom stereocenters. The van der Waals surface area contributed by atoms with Crippen molar-refractivity contribution in [3.63, 3.8) is 0 Å². The molecule has 1 aliphatic rings. The van der Waals surface area contributed by atoms with Crippen LogP contribution in [0.2, 0.25) is 0 Å². The maximum Gasteiger partial charge on any atom is 0.121 e. The number of phenols is 2. The second-order valence-corrected chi connectivity index (χ2v) is 14.1. The summed E-state index contributed by atoms with van der Waals surface area (Å²) < 4.78 is 0. The maximum absolute atomic E-state index is 14.2. The van der Waals surface area contributed by atoms with Crippen LogP contribution in [0, 0.1) is 0 Å². The first-order chi connectivity index (χ1) is 26.9. The van der Waals surface area contributed by atoms with Gasteiger partial charge in [-0.15, -0.1) is 12.2 Å². The second kappa shape index (κ2) is 17.2. The molecule has 0 bridgehead atoms. The van der Waals surface area contributed by atoms with E-state index in [1.165, 1.54) is 0 Å². The molecule has 4 atom stereocenters. The van der Waals surface area contributed by atoms with Crippen LogP contribution in [0.15, 0.2) is 146 Å². The highest BCUT2D eigenvalue weighted by Crippen LogP contribution is 2.49. The third-order valence-corrected chi connectivity index (χ3v) is 10.7. The Labute approximate surface area is 322 Å². The molecule has 8 nitrogen and oxygen atoms in total. The molecule has 0 radical (unpaired) electrons. The van der Waals surface area contributed by atoms with Crippen LogP contribution in [-0.2, 0) is 0 Å². The lowest BCUT2D eigenvalue weighted by atomic mass is 9.88. The lowest BCUT2D eigenvalue weighted by molar-refractivity contribution is -0.454. The molecule has 1 fully saturated rings. The van der Waals surface area contributed by atoms with E-state index in [0.29, 0.717) is 48.4 Å². The van der Waals surface area contributed by atoms with Gasteiger partial charge in [-0.25, -0.2) is 0 Å². The molecule has 0 aromatic heterocycles. The van der Waals surface area contributed by atoms with E-state index >= 15 is 0 Å². The van der Waals surface area contributed by atoms with Crippen molar-refractivity contribution in [2.75, 3.05) is 36.1 Å². The summed E-state index contributed by atoms with van der Waals surface area (Å²) in [6.07, 6.45) is -1.63. The Morgan fingerprint density at radius 1 is 0.545 bits per heavy atom. The topological polar surface area (TPSA) is 134 Å². The number of aliphatic hydroxyl groups is 2. The predicted molar refractivity (Wildman–Crippen MR) is 215 cm³/mol. The molecule has 0 spiro atoms. The summed E-state index contributed by atoms with van der Waals surface area (Å²) in [6, 6.07) is 46.9. The molecule has 6 aromatic carbocycles. The number of para-hydroxylation sites is 2. The highest BCUT2D eigenvalue weighted by atomic mass is 16.3. The monoisotopic (exact) mass is 734 g/mol. The fraction of sp³-hybridized carbons (Fsp3) is 0.234. The van der Waals surface area contributed by atoms with Crippen molar-refractivity contribution in [1.29, 1.82) is 0 Å². The summed E-state index contributed by atoms with van der Waals surface area (Å²) in [7, 11) is 0. The Balaban J connectivity index is 1.25. The predicted octanol–water partition coefficient (Wildman–Crippen LogP) is 7.20. The lowest BCUT2D eigenvalue weighted by Gasteiger charge is -2.36. The van der Waals surface area contributed by atoms with Gasteiger partial charge < -0.3 is 40.4 Å². The van der Waals surface area contributed by atoms with Crippen LogP contribution < -0.4 is 20.0 Å². The maximum atomic E-state index is 14.2. The SMILES string of the molecule is [O-]C1[C@H](c2ccc(N(c3ccccc3-c3ccccc3)c3ccccc3-c3ccccc3)cc2O)C[C@@H]([O-])[C@H]1c1ccc(N(CCCO)CCCO)cc1O. The number of hydrogen-bond donors (Lipinski definition) is 4. The van der Waals surface area contributed by atoms with Gasteiger partial charge in [-0.2, -0.15) is 0 Å². The molecule has 7 rings (SSSR count). The Morgan fingerprint density at radius 3 is 1.55 bits per heavy atom. The van der Waals surface area contributed by atoms with Crippen molar-refractivity contribution in [1.82, 2.24) is 0 Å². The molecule has 282 valence electrons. The van der Waals surface area contributed by atoms with Gasteiger partial charge in [0.05, 0.1) is 11.4 Å². The molecular formula is C47H46N2O6-2. The zero-order valence-electron chi connectivity index (χ0n) is 30.6. The fourth-order valence-electron chi connectivity index (χ4n) is 8.03. The summed E-state index contributed by atoms with van der Waals surface area (Å²) in [6.45, 7) is 1.06. The fourth-order valence-corrected chi connectivity index (χ4v) is 8.03. The van der Waals surface area contributed by atoms with Gasteiger partial charge in [-0.3, -0.25) is 0 Å². The van der Waals surface area contributed by atoms with Crippen LogP contribution in [0.3, 0.4) is 0 Å². The van der Waals surface area contributed by atoms with Crippen LogP contribution in [0.4, 0.5) is 22.7 Å². The average Bonchev–Trinajstić information content (AvgIpc) is 3.51. The first-order valence-corrected chi connectivity index (χ1v) is 18.9. The van der Waals surface area contributed by atoms with Gasteiger partial charge in [0, 0.05) is 60.9 Å². The summed E-state index contributed by atoms with van der Waals surface area (Å²) in [5, 5.41) is 69.5. The minimum absolute atomic E-state index is 0.00664. The summed E-state index contributed by atoms with van der Waals surface area (Å²) in [5.74, 6) is -1.98. The van der Waals surface area contributed by atoms with E-state index < -0.39 is 24.0 Å². The van der Waals surface area contributed by atoms with E-state index in [1.54, 1.807) is 30.3 Å². The van der Waals surface area contributed by atoms with Crippen LogP contribution in [0.25, 0.3) is 22.3 Å². The molecule has 6 aromatic rings. The zero-order chi connectivity index (χ0) is 38.3. The Morgan fingerprint density at radius 2 is 1.02 bits per heavy atom. The normalized spacial score (nSPS) is 18.0. The molecular weight excluding hydrogens is 689 g/mol. The van der Waals surface area contributed by atoms with E-state index in [-0.39, 0.29) is 31.1 Å². The number of benzene rings is 6. The van der Waals surface area contributed by atoms with Crippen molar-refractivity contribution >= 4 is 22.7 Å². The molecule has 55 heavy (non-hydrogen) atoms. The van der Waals surface area contributed by atoms with Gasteiger partial charge >= 0.3 is 0 Å². The summed E-state index contributed by atoms with van der Waals surface area (Å²) >= 11 is 0. The average molecular weight is 735 g/mol. The zero-order valence-corrected chi connectivity index (χ0v) is 30.6. The van der Waals surface area contributed by atoms with Gasteiger partial charge in [-0.05, 0) is 71.2 Å². The van der Waals surface area contributed by atoms with Gasteiger partial charge in [0.1, 0.15) is 11.5 Å². The third-order valence-electron chi connectivity index (χ3n) is 10.7. The van der Waals surface area contributed by atoms with Crippen LogP contribution in [-0.4, -0.2) is 58.9 Å². The third kappa shape index (κ3) is 7.95. The quantitative estimate of drug-likeness (QED) is 0.0924. The van der Waals surface area contributed by atoms with Crippen LogP contribution in [0.5, 0.6) is 11.5 Å². The number of rotatable bonds is 14. The number of anilines is 4. The van der Waals surface area contributed by atoms with E-state index in [0.717, 1.165) is 33.6 Å². The number of nitrogens with zero attached hydrogens (tertiary/aromatic N) is 2. The van der Waals surface area contributed by atoms with Crippen LogP contribution >= 0.6 is 0 Å². The first kappa shape index (κ1) is 37.7. The lowest BCUT2D eigenvalue weighted by Crippen LogP contribution is -2.38. The molecule has 8 heteroatoms. The van der Waals surface area contributed by atoms with E-state index in [2.05, 4.69) is 53.4 Å². The number of aromatic hydroxyl groups is 2. The van der Waals surface area contributed by atoms with Crippen molar-refractivity contribution in [2.24, 2.45) is 0 Å². The van der Waals surface area contributed by atoms with E-state index in [4.69, 9.17) is 0 Å². The van der Waals surface area contributed by atoms with Crippen molar-refractivity contribution in [3.05, 3.63) is 157 Å². The van der Waals surface area contributed by atoms with Crippen molar-refractivity contribution < 1.29 is 30.6 Å². The van der Waals surface area contributed by atoms with Crippen LogP contribution in [0.1, 0.15) is 42.2 Å². The molecule has 0 amide bonds. The number of phenolic OH excluding ortho intramolecular Hbond substituents is 2. The molecule has 1 aliphatic carbocycles. The van der Waals surface area contributed by atoms with Gasteiger partial charge in [0.2, 0.25) is 0 Å². The minimum atomic E-state index is -1.40. The minimum Gasteiger partial charge on any atom is -0.852 e. The molecule has 1 saturated carbocycles. The van der Waals surface area contributed by atoms with Gasteiger partial charge in [0.15, 0.2) is 0 Å². The van der Waals surface area contributed by atoms with Crippen molar-refractivity contribution in [2.45, 2.75) is 43.3 Å². The Kier molecular flexibility index (Phi) is 11.8. The smallest absolute Gasteiger partial charge is 0.121 e.